The van der Waals surface area contributed by atoms with Gasteiger partial charge in [0.15, 0.2) is 0 Å². The molecule has 1 saturated heterocycles. The van der Waals surface area contributed by atoms with Crippen LogP contribution >= 0.6 is 24.8 Å². The van der Waals surface area contributed by atoms with Gasteiger partial charge in [0.2, 0.25) is 11.9 Å². The molecule has 1 aliphatic heterocycles. The van der Waals surface area contributed by atoms with Crippen LogP contribution in [0, 0.1) is 5.92 Å². The highest BCUT2D eigenvalue weighted by atomic mass is 35.5. The second kappa shape index (κ2) is 8.22. The molecule has 2 N–H and O–H groups in total. The second-order valence-electron chi connectivity index (χ2n) is 3.59. The van der Waals surface area contributed by atoms with E-state index in [0.29, 0.717) is 5.95 Å². The van der Waals surface area contributed by atoms with E-state index in [9.17, 15) is 4.79 Å². The molecular weight excluding hydrogens is 263 g/mol. The fraction of sp³-hybridized carbons (Fsp3) is 0.500. The molecular formula is C10H16Cl2N4O. The van der Waals surface area contributed by atoms with Crippen LogP contribution in [0.1, 0.15) is 12.8 Å². The van der Waals surface area contributed by atoms with Crippen LogP contribution in [0.4, 0.5) is 5.95 Å². The fourth-order valence-corrected chi connectivity index (χ4v) is 1.66. The summed E-state index contributed by atoms with van der Waals surface area (Å²) in [7, 11) is 0. The van der Waals surface area contributed by atoms with Crippen LogP contribution in [-0.2, 0) is 4.79 Å². The highest BCUT2D eigenvalue weighted by molar-refractivity contribution is 5.90. The first-order valence-corrected chi connectivity index (χ1v) is 5.15. The molecule has 0 spiro atoms. The molecule has 0 aromatic carbocycles. The Bertz CT molecular complexity index is 330. The van der Waals surface area contributed by atoms with Crippen molar-refractivity contribution in [3.8, 4) is 0 Å². The zero-order valence-corrected chi connectivity index (χ0v) is 10.9. The number of hydrogen-bond donors (Lipinski definition) is 2. The van der Waals surface area contributed by atoms with E-state index in [1.165, 1.54) is 0 Å². The third kappa shape index (κ3) is 4.85. The molecule has 0 bridgehead atoms. The van der Waals surface area contributed by atoms with Gasteiger partial charge in [0, 0.05) is 18.3 Å². The Morgan fingerprint density at radius 3 is 2.41 bits per heavy atom. The number of halogens is 2. The number of aromatic nitrogens is 2. The first-order chi connectivity index (χ1) is 7.36. The average molecular weight is 279 g/mol. The molecule has 1 amide bonds. The Hall–Kier alpha value is -0.910. The first kappa shape index (κ1) is 16.1. The molecule has 0 saturated carbocycles. The van der Waals surface area contributed by atoms with Crippen molar-refractivity contribution >= 4 is 36.7 Å². The maximum absolute atomic E-state index is 11.7. The van der Waals surface area contributed by atoms with E-state index in [2.05, 4.69) is 20.6 Å². The van der Waals surface area contributed by atoms with Crippen molar-refractivity contribution in [1.82, 2.24) is 15.3 Å². The van der Waals surface area contributed by atoms with E-state index in [-0.39, 0.29) is 36.6 Å². The molecule has 0 unspecified atom stereocenters. The molecule has 1 aromatic rings. The minimum Gasteiger partial charge on any atom is -0.317 e. The summed E-state index contributed by atoms with van der Waals surface area (Å²) in [6, 6.07) is 1.72. The van der Waals surface area contributed by atoms with Crippen LogP contribution in [0.5, 0.6) is 0 Å². The van der Waals surface area contributed by atoms with E-state index in [4.69, 9.17) is 0 Å². The van der Waals surface area contributed by atoms with Crippen LogP contribution in [0.25, 0.3) is 0 Å². The standard InChI is InChI=1S/C10H14N4O.2ClH/c15-9(8-2-6-11-7-3-8)14-10-12-4-1-5-13-10;;/h1,4-5,8,11H,2-3,6-7H2,(H,12,13,14,15);2*1H. The van der Waals surface area contributed by atoms with Crippen molar-refractivity contribution < 1.29 is 4.79 Å². The second-order valence-corrected chi connectivity index (χ2v) is 3.59. The van der Waals surface area contributed by atoms with E-state index >= 15 is 0 Å². The van der Waals surface area contributed by atoms with Gasteiger partial charge in [0.25, 0.3) is 0 Å². The normalized spacial score (nSPS) is 15.3. The Labute approximate surface area is 113 Å². The van der Waals surface area contributed by atoms with Gasteiger partial charge in [-0.15, -0.1) is 24.8 Å². The van der Waals surface area contributed by atoms with Crippen molar-refractivity contribution in [2.24, 2.45) is 5.92 Å². The molecule has 0 radical (unpaired) electrons. The highest BCUT2D eigenvalue weighted by Crippen LogP contribution is 2.13. The van der Waals surface area contributed by atoms with Crippen LogP contribution in [-0.4, -0.2) is 29.0 Å². The van der Waals surface area contributed by atoms with Crippen LogP contribution in [0.3, 0.4) is 0 Å². The zero-order chi connectivity index (χ0) is 10.5. The quantitative estimate of drug-likeness (QED) is 0.855. The third-order valence-electron chi connectivity index (χ3n) is 2.51. The summed E-state index contributed by atoms with van der Waals surface area (Å²) >= 11 is 0. The smallest absolute Gasteiger partial charge is 0.229 e. The Kier molecular flexibility index (Phi) is 7.78. The average Bonchev–Trinajstić information content (AvgIpc) is 2.31. The number of anilines is 1. The van der Waals surface area contributed by atoms with Crippen molar-refractivity contribution in [2.75, 3.05) is 18.4 Å². The minimum absolute atomic E-state index is 0. The number of piperidine rings is 1. The number of carbonyl (C=O) groups is 1. The van der Waals surface area contributed by atoms with Crippen LogP contribution < -0.4 is 10.6 Å². The van der Waals surface area contributed by atoms with Crippen LogP contribution in [0.2, 0.25) is 0 Å². The van der Waals surface area contributed by atoms with E-state index in [1.807, 2.05) is 0 Å². The van der Waals surface area contributed by atoms with Crippen molar-refractivity contribution in [3.05, 3.63) is 18.5 Å². The van der Waals surface area contributed by atoms with Gasteiger partial charge >= 0.3 is 0 Å². The lowest BCUT2D eigenvalue weighted by molar-refractivity contribution is -0.120. The molecule has 0 aliphatic carbocycles. The number of amides is 1. The van der Waals surface area contributed by atoms with Crippen molar-refractivity contribution in [1.29, 1.82) is 0 Å². The van der Waals surface area contributed by atoms with E-state index < -0.39 is 0 Å². The summed E-state index contributed by atoms with van der Waals surface area (Å²) in [5.74, 6) is 0.513. The highest BCUT2D eigenvalue weighted by Gasteiger charge is 2.21. The number of nitrogens with zero attached hydrogens (tertiary/aromatic N) is 2. The molecule has 7 heteroatoms. The summed E-state index contributed by atoms with van der Waals surface area (Å²) < 4.78 is 0. The van der Waals surface area contributed by atoms with Crippen molar-refractivity contribution in [3.63, 3.8) is 0 Å². The molecule has 96 valence electrons. The number of rotatable bonds is 2. The lowest BCUT2D eigenvalue weighted by atomic mass is 9.97. The maximum atomic E-state index is 11.7. The van der Waals surface area contributed by atoms with Gasteiger partial charge in [-0.25, -0.2) is 9.97 Å². The van der Waals surface area contributed by atoms with Crippen molar-refractivity contribution in [2.45, 2.75) is 12.8 Å². The minimum atomic E-state index is 0. The number of nitrogens with one attached hydrogen (secondary N) is 2. The van der Waals surface area contributed by atoms with Gasteiger partial charge in [0.1, 0.15) is 0 Å². The number of hydrogen-bond acceptors (Lipinski definition) is 4. The number of carbonyl (C=O) groups excluding carboxylic acids is 1. The van der Waals surface area contributed by atoms with Gasteiger partial charge in [-0.3, -0.25) is 10.1 Å². The van der Waals surface area contributed by atoms with E-state index in [1.54, 1.807) is 18.5 Å². The molecule has 17 heavy (non-hydrogen) atoms. The Balaban J connectivity index is 0.00000128. The fourth-order valence-electron chi connectivity index (χ4n) is 1.66. The van der Waals surface area contributed by atoms with Gasteiger partial charge in [0.05, 0.1) is 0 Å². The molecule has 1 aromatic heterocycles. The largest absolute Gasteiger partial charge is 0.317 e. The summed E-state index contributed by atoms with van der Waals surface area (Å²) in [5.41, 5.74) is 0. The summed E-state index contributed by atoms with van der Waals surface area (Å²) in [4.78, 5) is 19.7. The van der Waals surface area contributed by atoms with Gasteiger partial charge in [-0.1, -0.05) is 0 Å². The lowest BCUT2D eigenvalue weighted by Crippen LogP contribution is -2.34. The molecule has 1 aliphatic rings. The van der Waals surface area contributed by atoms with Gasteiger partial charge in [-0.2, -0.15) is 0 Å². The molecule has 2 rings (SSSR count). The Morgan fingerprint density at radius 1 is 1.24 bits per heavy atom. The molecule has 5 nitrogen and oxygen atoms in total. The van der Waals surface area contributed by atoms with Gasteiger partial charge in [-0.05, 0) is 32.0 Å². The molecule has 1 fully saturated rings. The maximum Gasteiger partial charge on any atom is 0.229 e. The summed E-state index contributed by atoms with van der Waals surface area (Å²) in [6.07, 6.45) is 5.01. The SMILES string of the molecule is Cl.Cl.O=C(Nc1ncccn1)C1CCNCC1. The summed E-state index contributed by atoms with van der Waals surface area (Å²) in [6.45, 7) is 1.82. The predicted octanol–water partition coefficient (Wildman–Crippen LogP) is 1.26. The molecule has 0 atom stereocenters. The van der Waals surface area contributed by atoms with Gasteiger partial charge < -0.3 is 5.32 Å². The van der Waals surface area contributed by atoms with Crippen LogP contribution in [0.15, 0.2) is 18.5 Å². The summed E-state index contributed by atoms with van der Waals surface area (Å²) in [5, 5.41) is 5.94. The molecule has 2 heterocycles. The topological polar surface area (TPSA) is 66.9 Å². The Morgan fingerprint density at radius 2 is 1.82 bits per heavy atom. The predicted molar refractivity (Wildman–Crippen MR) is 70.8 cm³/mol. The zero-order valence-electron chi connectivity index (χ0n) is 9.26. The third-order valence-corrected chi connectivity index (χ3v) is 2.51. The first-order valence-electron chi connectivity index (χ1n) is 5.15. The van der Waals surface area contributed by atoms with E-state index in [0.717, 1.165) is 25.9 Å². The monoisotopic (exact) mass is 278 g/mol. The lowest BCUT2D eigenvalue weighted by Gasteiger charge is -2.21.